The standard InChI is InChI=1S/C27H32N3O5PS/c1-3-34-36(33,4-2)35-22-13-15-30(16-14-22)27(32)20-9-7-19(8-10-20)26(31)29-24-18-21(11-12-23(24)28)25-6-5-17-37-25/h5-12,17-18,22H,3-4,13-16,28H2,1-2H3,(H,29,31). The number of thiophene rings is 1. The molecule has 0 bridgehead atoms. The van der Waals surface area contributed by atoms with E-state index in [1.165, 1.54) is 0 Å². The Morgan fingerprint density at radius 3 is 2.41 bits per heavy atom. The third kappa shape index (κ3) is 6.67. The molecule has 3 aromatic rings. The number of hydrogen-bond donors (Lipinski definition) is 2. The topological polar surface area (TPSA) is 111 Å². The molecule has 1 aliphatic rings. The van der Waals surface area contributed by atoms with Crippen molar-refractivity contribution in [1.29, 1.82) is 0 Å². The highest BCUT2D eigenvalue weighted by molar-refractivity contribution is 7.53. The molecule has 2 heterocycles. The molecule has 10 heteroatoms. The highest BCUT2D eigenvalue weighted by Gasteiger charge is 2.30. The molecule has 37 heavy (non-hydrogen) atoms. The van der Waals surface area contributed by atoms with Crippen LogP contribution in [0, 0.1) is 0 Å². The molecular formula is C27H32N3O5PS. The fraction of sp³-hybridized carbons (Fsp3) is 0.333. The highest BCUT2D eigenvalue weighted by atomic mass is 32.1. The maximum absolute atomic E-state index is 13.0. The van der Waals surface area contributed by atoms with Crippen molar-refractivity contribution in [3.8, 4) is 10.4 Å². The largest absolute Gasteiger partial charge is 0.397 e. The third-order valence-electron chi connectivity index (χ3n) is 6.25. The first-order valence-electron chi connectivity index (χ1n) is 12.4. The Labute approximate surface area is 221 Å². The average Bonchev–Trinajstić information content (AvgIpc) is 3.45. The van der Waals surface area contributed by atoms with E-state index in [-0.39, 0.29) is 17.9 Å². The van der Waals surface area contributed by atoms with Gasteiger partial charge in [-0.05, 0) is 73.2 Å². The number of carbonyl (C=O) groups excluding carboxylic acids is 2. The quantitative estimate of drug-likeness (QED) is 0.249. The number of nitrogens with one attached hydrogen (secondary N) is 1. The van der Waals surface area contributed by atoms with Gasteiger partial charge in [-0.25, -0.2) is 0 Å². The van der Waals surface area contributed by atoms with Gasteiger partial charge in [-0.15, -0.1) is 11.3 Å². The number of piperidine rings is 1. The molecule has 1 aromatic heterocycles. The van der Waals surface area contributed by atoms with E-state index in [1.54, 1.807) is 60.4 Å². The zero-order valence-electron chi connectivity index (χ0n) is 21.0. The van der Waals surface area contributed by atoms with Crippen LogP contribution in [-0.2, 0) is 13.6 Å². The number of anilines is 2. The number of carbonyl (C=O) groups is 2. The average molecular weight is 542 g/mol. The Hall–Kier alpha value is -2.97. The summed E-state index contributed by atoms with van der Waals surface area (Å²) >= 11 is 1.61. The second kappa shape index (κ2) is 12.0. The summed E-state index contributed by atoms with van der Waals surface area (Å²) in [6.07, 6.45) is 1.31. The molecule has 0 aliphatic carbocycles. The molecule has 196 valence electrons. The van der Waals surface area contributed by atoms with Gasteiger partial charge < -0.3 is 25.0 Å². The molecular weight excluding hydrogens is 509 g/mol. The minimum atomic E-state index is -3.08. The molecule has 0 radical (unpaired) electrons. The fourth-order valence-electron chi connectivity index (χ4n) is 4.19. The molecule has 1 atom stereocenters. The summed E-state index contributed by atoms with van der Waals surface area (Å²) in [5, 5.41) is 4.87. The first kappa shape index (κ1) is 27.1. The summed E-state index contributed by atoms with van der Waals surface area (Å²) in [5.41, 5.74) is 9.01. The number of amides is 2. The number of likely N-dealkylation sites (tertiary alicyclic amines) is 1. The predicted molar refractivity (Wildman–Crippen MR) is 148 cm³/mol. The number of rotatable bonds is 9. The lowest BCUT2D eigenvalue weighted by molar-refractivity contribution is 0.0557. The van der Waals surface area contributed by atoms with Crippen LogP contribution in [-0.4, -0.2) is 48.7 Å². The van der Waals surface area contributed by atoms with Gasteiger partial charge in [-0.1, -0.05) is 19.1 Å². The van der Waals surface area contributed by atoms with Crippen LogP contribution >= 0.6 is 18.9 Å². The summed E-state index contributed by atoms with van der Waals surface area (Å²) in [6.45, 7) is 4.92. The molecule has 0 saturated carbocycles. The van der Waals surface area contributed by atoms with Gasteiger partial charge in [0, 0.05) is 35.3 Å². The molecule has 8 nitrogen and oxygen atoms in total. The van der Waals surface area contributed by atoms with Crippen LogP contribution in [0.15, 0.2) is 60.0 Å². The molecule has 1 aliphatic heterocycles. The third-order valence-corrected chi connectivity index (χ3v) is 9.22. The highest BCUT2D eigenvalue weighted by Crippen LogP contribution is 2.49. The predicted octanol–water partition coefficient (Wildman–Crippen LogP) is 6.12. The summed E-state index contributed by atoms with van der Waals surface area (Å²) < 4.78 is 23.7. The molecule has 1 saturated heterocycles. The van der Waals surface area contributed by atoms with Gasteiger partial charge in [0.15, 0.2) is 0 Å². The molecule has 1 fully saturated rings. The SMILES string of the molecule is CCOP(=O)(CC)OC1CCN(C(=O)c2ccc(C(=O)Nc3cc(-c4cccs4)ccc3N)cc2)CC1. The first-order chi connectivity index (χ1) is 17.8. The van der Waals surface area contributed by atoms with E-state index >= 15 is 0 Å². The van der Waals surface area contributed by atoms with Crippen molar-refractivity contribution in [3.63, 3.8) is 0 Å². The van der Waals surface area contributed by atoms with Crippen molar-refractivity contribution in [3.05, 3.63) is 71.1 Å². The van der Waals surface area contributed by atoms with E-state index in [1.807, 2.05) is 29.6 Å². The van der Waals surface area contributed by atoms with E-state index in [4.69, 9.17) is 14.8 Å². The van der Waals surface area contributed by atoms with Gasteiger partial charge in [0.2, 0.25) is 0 Å². The maximum atomic E-state index is 13.0. The fourth-order valence-corrected chi connectivity index (χ4v) is 6.36. The van der Waals surface area contributed by atoms with E-state index < -0.39 is 7.60 Å². The molecule has 2 amide bonds. The Morgan fingerprint density at radius 1 is 1.08 bits per heavy atom. The smallest absolute Gasteiger partial charge is 0.330 e. The summed E-state index contributed by atoms with van der Waals surface area (Å²) in [6, 6.07) is 16.1. The molecule has 1 unspecified atom stereocenters. The van der Waals surface area contributed by atoms with Gasteiger partial charge in [0.1, 0.15) is 0 Å². The van der Waals surface area contributed by atoms with E-state index in [0.29, 0.717) is 61.2 Å². The van der Waals surface area contributed by atoms with E-state index in [0.717, 1.165) is 10.4 Å². The second-order valence-electron chi connectivity index (χ2n) is 8.75. The normalized spacial score (nSPS) is 15.8. The summed E-state index contributed by atoms with van der Waals surface area (Å²) in [5.74, 6) is -0.413. The van der Waals surface area contributed by atoms with Gasteiger partial charge >= 0.3 is 7.60 Å². The summed E-state index contributed by atoms with van der Waals surface area (Å²) in [4.78, 5) is 28.7. The van der Waals surface area contributed by atoms with E-state index in [2.05, 4.69) is 5.32 Å². The Morgan fingerprint density at radius 2 is 1.78 bits per heavy atom. The first-order valence-corrected chi connectivity index (χ1v) is 15.0. The van der Waals surface area contributed by atoms with Crippen LogP contribution < -0.4 is 11.1 Å². The second-order valence-corrected chi connectivity index (χ2v) is 12.0. The zero-order chi connectivity index (χ0) is 26.4. The Kier molecular flexibility index (Phi) is 8.82. The monoisotopic (exact) mass is 541 g/mol. The number of nitrogens with two attached hydrogens (primary N) is 1. The molecule has 2 aromatic carbocycles. The van der Waals surface area contributed by atoms with Crippen LogP contribution in [0.25, 0.3) is 10.4 Å². The van der Waals surface area contributed by atoms with Gasteiger partial charge in [-0.3, -0.25) is 14.2 Å². The van der Waals surface area contributed by atoms with Crippen LogP contribution in [0.4, 0.5) is 11.4 Å². The lowest BCUT2D eigenvalue weighted by Gasteiger charge is -2.33. The molecule has 0 spiro atoms. The maximum Gasteiger partial charge on any atom is 0.330 e. The van der Waals surface area contributed by atoms with Crippen LogP contribution in [0.1, 0.15) is 47.4 Å². The van der Waals surface area contributed by atoms with Gasteiger partial charge in [0.25, 0.3) is 11.8 Å². The number of benzene rings is 2. The van der Waals surface area contributed by atoms with Gasteiger partial charge in [0.05, 0.1) is 24.1 Å². The number of nitrogens with zero attached hydrogens (tertiary/aromatic N) is 1. The van der Waals surface area contributed by atoms with Crippen molar-refractivity contribution in [1.82, 2.24) is 4.90 Å². The molecule has 3 N–H and O–H groups in total. The Balaban J connectivity index is 1.35. The van der Waals surface area contributed by atoms with Crippen molar-refractivity contribution in [2.45, 2.75) is 32.8 Å². The lowest BCUT2D eigenvalue weighted by atomic mass is 10.1. The minimum Gasteiger partial charge on any atom is -0.397 e. The van der Waals surface area contributed by atoms with E-state index in [9.17, 15) is 14.2 Å². The van der Waals surface area contributed by atoms with Crippen molar-refractivity contribution < 1.29 is 23.2 Å². The Bertz CT molecular complexity index is 1270. The van der Waals surface area contributed by atoms with Crippen molar-refractivity contribution in [2.24, 2.45) is 0 Å². The van der Waals surface area contributed by atoms with Crippen LogP contribution in [0.3, 0.4) is 0 Å². The van der Waals surface area contributed by atoms with Crippen LogP contribution in [0.5, 0.6) is 0 Å². The van der Waals surface area contributed by atoms with Crippen molar-refractivity contribution >= 4 is 42.1 Å². The van der Waals surface area contributed by atoms with Crippen molar-refractivity contribution in [2.75, 3.05) is 36.9 Å². The summed E-state index contributed by atoms with van der Waals surface area (Å²) in [7, 11) is -3.08. The minimum absolute atomic E-state index is 0.109. The van der Waals surface area contributed by atoms with Gasteiger partial charge in [-0.2, -0.15) is 0 Å². The lowest BCUT2D eigenvalue weighted by Crippen LogP contribution is -2.40. The number of nitrogen functional groups attached to an aromatic ring is 1. The zero-order valence-corrected chi connectivity index (χ0v) is 22.7. The number of hydrogen-bond acceptors (Lipinski definition) is 7. The molecule has 4 rings (SSSR count). The van der Waals surface area contributed by atoms with Crippen LogP contribution in [0.2, 0.25) is 0 Å².